The fraction of sp³-hybridized carbons (Fsp3) is 0.538. The Hall–Kier alpha value is -1.82. The van der Waals surface area contributed by atoms with Crippen LogP contribution < -0.4 is 14.8 Å². The predicted octanol–water partition coefficient (Wildman–Crippen LogP) is 2.37. The van der Waals surface area contributed by atoms with Gasteiger partial charge in [-0.15, -0.1) is 0 Å². The summed E-state index contributed by atoms with van der Waals surface area (Å²) in [5.74, 6) is 0.688. The van der Waals surface area contributed by atoms with Crippen LogP contribution in [-0.2, 0) is 0 Å². The Morgan fingerprint density at radius 3 is 2.58 bits per heavy atom. The molecule has 0 aromatic heterocycles. The highest BCUT2D eigenvalue weighted by molar-refractivity contribution is 5.50. The molecule has 0 amide bonds. The largest absolute Gasteiger partial charge is 0.492 e. The van der Waals surface area contributed by atoms with E-state index < -0.39 is 4.92 Å². The van der Waals surface area contributed by atoms with Crippen LogP contribution in [-0.4, -0.2) is 30.7 Å². The Kier molecular flexibility index (Phi) is 5.11. The van der Waals surface area contributed by atoms with E-state index in [-0.39, 0.29) is 17.0 Å². The van der Waals surface area contributed by atoms with Gasteiger partial charge in [0.15, 0.2) is 5.75 Å². The van der Waals surface area contributed by atoms with Crippen molar-refractivity contribution >= 4 is 5.69 Å². The molecule has 1 N–H and O–H groups in total. The number of ether oxygens (including phenoxy) is 2. The van der Waals surface area contributed by atoms with Crippen molar-refractivity contribution in [2.24, 2.45) is 0 Å². The number of hydrogen-bond acceptors (Lipinski definition) is 5. The molecule has 6 nitrogen and oxygen atoms in total. The average molecular weight is 268 g/mol. The van der Waals surface area contributed by atoms with E-state index in [2.05, 4.69) is 26.1 Å². The molecule has 1 rings (SSSR count). The van der Waals surface area contributed by atoms with Crippen molar-refractivity contribution in [2.75, 3.05) is 20.3 Å². The minimum absolute atomic E-state index is 0.0231. The Balaban J connectivity index is 2.60. The van der Waals surface area contributed by atoms with Gasteiger partial charge in [-0.2, -0.15) is 0 Å². The van der Waals surface area contributed by atoms with Crippen LogP contribution in [0.1, 0.15) is 20.8 Å². The standard InChI is InChI=1S/C13H20N2O4/c1-13(2,3)14-7-8-19-10-5-6-12(18-4)11(9-10)15(16)17/h5-6,9,14H,7-8H2,1-4H3. The predicted molar refractivity (Wildman–Crippen MR) is 72.9 cm³/mol. The number of nitro groups is 1. The molecule has 0 aliphatic heterocycles. The summed E-state index contributed by atoms with van der Waals surface area (Å²) in [6, 6.07) is 4.56. The normalized spacial score (nSPS) is 11.2. The highest BCUT2D eigenvalue weighted by Crippen LogP contribution is 2.30. The molecule has 0 aliphatic carbocycles. The first-order chi connectivity index (χ1) is 8.83. The summed E-state index contributed by atoms with van der Waals surface area (Å²) in [6.07, 6.45) is 0. The van der Waals surface area contributed by atoms with Gasteiger partial charge in [-0.05, 0) is 32.9 Å². The molecule has 1 aromatic rings. The molecule has 0 bridgehead atoms. The van der Waals surface area contributed by atoms with Gasteiger partial charge in [0, 0.05) is 12.1 Å². The maximum atomic E-state index is 10.9. The van der Waals surface area contributed by atoms with Gasteiger partial charge in [-0.25, -0.2) is 0 Å². The first kappa shape index (κ1) is 15.2. The molecule has 0 saturated heterocycles. The molecule has 0 fully saturated rings. The van der Waals surface area contributed by atoms with Crippen LogP contribution in [0.3, 0.4) is 0 Å². The van der Waals surface area contributed by atoms with Gasteiger partial charge >= 0.3 is 5.69 Å². The number of benzene rings is 1. The smallest absolute Gasteiger partial charge is 0.314 e. The summed E-state index contributed by atoms with van der Waals surface area (Å²) < 4.78 is 10.4. The molecule has 0 saturated carbocycles. The van der Waals surface area contributed by atoms with Crippen LogP contribution in [0.2, 0.25) is 0 Å². The van der Waals surface area contributed by atoms with Crippen molar-refractivity contribution in [2.45, 2.75) is 26.3 Å². The topological polar surface area (TPSA) is 73.6 Å². The minimum Gasteiger partial charge on any atom is -0.492 e. The van der Waals surface area contributed by atoms with Crippen LogP contribution >= 0.6 is 0 Å². The summed E-state index contributed by atoms with van der Waals surface area (Å²) in [7, 11) is 1.40. The fourth-order valence-electron chi connectivity index (χ4n) is 1.50. The molecule has 0 radical (unpaired) electrons. The first-order valence-corrected chi connectivity index (χ1v) is 6.04. The number of nitro benzene ring substituents is 1. The Morgan fingerprint density at radius 2 is 2.05 bits per heavy atom. The molecule has 0 heterocycles. The molecule has 106 valence electrons. The zero-order valence-electron chi connectivity index (χ0n) is 11.7. The van der Waals surface area contributed by atoms with Crippen LogP contribution in [0.25, 0.3) is 0 Å². The van der Waals surface area contributed by atoms with Crippen molar-refractivity contribution in [1.29, 1.82) is 0 Å². The van der Waals surface area contributed by atoms with E-state index in [1.807, 2.05) is 0 Å². The van der Waals surface area contributed by atoms with E-state index in [1.165, 1.54) is 19.2 Å². The van der Waals surface area contributed by atoms with Crippen molar-refractivity contribution < 1.29 is 14.4 Å². The van der Waals surface area contributed by atoms with Crippen LogP contribution in [0.5, 0.6) is 11.5 Å². The quantitative estimate of drug-likeness (QED) is 0.487. The van der Waals surface area contributed by atoms with Gasteiger partial charge in [-0.3, -0.25) is 10.1 Å². The van der Waals surface area contributed by atoms with E-state index in [1.54, 1.807) is 6.07 Å². The van der Waals surface area contributed by atoms with Crippen molar-refractivity contribution in [3.63, 3.8) is 0 Å². The van der Waals surface area contributed by atoms with Gasteiger partial charge in [0.1, 0.15) is 12.4 Å². The van der Waals surface area contributed by atoms with Crippen molar-refractivity contribution in [1.82, 2.24) is 5.32 Å². The summed E-state index contributed by atoms with van der Waals surface area (Å²) in [5, 5.41) is 14.1. The van der Waals surface area contributed by atoms with E-state index >= 15 is 0 Å². The van der Waals surface area contributed by atoms with Crippen LogP contribution in [0, 0.1) is 10.1 Å². The van der Waals surface area contributed by atoms with E-state index in [9.17, 15) is 10.1 Å². The number of nitrogens with zero attached hydrogens (tertiary/aromatic N) is 1. The second-order valence-electron chi connectivity index (χ2n) is 5.12. The minimum atomic E-state index is -0.487. The number of rotatable bonds is 6. The SMILES string of the molecule is COc1ccc(OCCNC(C)(C)C)cc1[N+](=O)[O-]. The van der Waals surface area contributed by atoms with E-state index in [0.29, 0.717) is 18.9 Å². The molecule has 1 aromatic carbocycles. The van der Waals surface area contributed by atoms with E-state index in [0.717, 1.165) is 0 Å². The second-order valence-corrected chi connectivity index (χ2v) is 5.12. The van der Waals surface area contributed by atoms with Crippen LogP contribution in [0.4, 0.5) is 5.69 Å². The maximum Gasteiger partial charge on any atom is 0.314 e. The Morgan fingerprint density at radius 1 is 1.37 bits per heavy atom. The molecule has 6 heteroatoms. The Labute approximate surface area is 112 Å². The summed E-state index contributed by atoms with van der Waals surface area (Å²) in [4.78, 5) is 10.4. The zero-order chi connectivity index (χ0) is 14.5. The Bertz CT molecular complexity index is 441. The van der Waals surface area contributed by atoms with Crippen molar-refractivity contribution in [3.05, 3.63) is 28.3 Å². The monoisotopic (exact) mass is 268 g/mol. The lowest BCUT2D eigenvalue weighted by Gasteiger charge is -2.20. The molecule has 0 aliphatic rings. The molecule has 0 atom stereocenters. The number of hydrogen-bond donors (Lipinski definition) is 1. The molecule has 19 heavy (non-hydrogen) atoms. The average Bonchev–Trinajstić information content (AvgIpc) is 2.33. The summed E-state index contributed by atoms with van der Waals surface area (Å²) in [5.41, 5.74) is -0.0706. The third-order valence-corrected chi connectivity index (χ3v) is 2.37. The van der Waals surface area contributed by atoms with Gasteiger partial charge in [-0.1, -0.05) is 0 Å². The third kappa shape index (κ3) is 5.13. The molecule has 0 unspecified atom stereocenters. The highest BCUT2D eigenvalue weighted by atomic mass is 16.6. The third-order valence-electron chi connectivity index (χ3n) is 2.37. The van der Waals surface area contributed by atoms with E-state index in [4.69, 9.17) is 9.47 Å². The molecule has 0 spiro atoms. The zero-order valence-corrected chi connectivity index (χ0v) is 11.7. The van der Waals surface area contributed by atoms with Gasteiger partial charge < -0.3 is 14.8 Å². The lowest BCUT2D eigenvalue weighted by atomic mass is 10.1. The molecular formula is C13H20N2O4. The molecular weight excluding hydrogens is 248 g/mol. The summed E-state index contributed by atoms with van der Waals surface area (Å²) in [6.45, 7) is 7.30. The lowest BCUT2D eigenvalue weighted by molar-refractivity contribution is -0.385. The number of nitrogens with one attached hydrogen (secondary N) is 1. The first-order valence-electron chi connectivity index (χ1n) is 6.04. The maximum absolute atomic E-state index is 10.9. The fourth-order valence-corrected chi connectivity index (χ4v) is 1.50. The second kappa shape index (κ2) is 6.38. The van der Waals surface area contributed by atoms with Gasteiger partial charge in [0.2, 0.25) is 0 Å². The number of methoxy groups -OCH3 is 1. The van der Waals surface area contributed by atoms with Crippen LogP contribution in [0.15, 0.2) is 18.2 Å². The van der Waals surface area contributed by atoms with Gasteiger partial charge in [0.05, 0.1) is 18.1 Å². The van der Waals surface area contributed by atoms with Gasteiger partial charge in [0.25, 0.3) is 0 Å². The van der Waals surface area contributed by atoms with Crippen molar-refractivity contribution in [3.8, 4) is 11.5 Å². The lowest BCUT2D eigenvalue weighted by Crippen LogP contribution is -2.38. The summed E-state index contributed by atoms with van der Waals surface area (Å²) >= 11 is 0. The highest BCUT2D eigenvalue weighted by Gasteiger charge is 2.15.